The van der Waals surface area contributed by atoms with Crippen LogP contribution in [0, 0.1) is 0 Å². The van der Waals surface area contributed by atoms with Crippen molar-refractivity contribution in [2.45, 2.75) is 0 Å². The number of carbonyl (C=O) groups is 2. The number of amides is 1. The topological polar surface area (TPSA) is 55.4 Å². The van der Waals surface area contributed by atoms with E-state index in [0.717, 1.165) is 0 Å². The van der Waals surface area contributed by atoms with Crippen LogP contribution in [-0.2, 0) is 4.79 Å². The number of ketones is 1. The van der Waals surface area contributed by atoms with Crippen molar-refractivity contribution in [2.75, 3.05) is 12.9 Å². The molecule has 88 valence electrons. The fourth-order valence-electron chi connectivity index (χ4n) is 1.39. The lowest BCUT2D eigenvalue weighted by Gasteiger charge is -2.01. The number of rotatable bonds is 3. The Kier molecular flexibility index (Phi) is 3.49. The van der Waals surface area contributed by atoms with Crippen molar-refractivity contribution in [2.24, 2.45) is 0 Å². The molecule has 0 aliphatic carbocycles. The van der Waals surface area contributed by atoms with Gasteiger partial charge in [0.25, 0.3) is 0 Å². The van der Waals surface area contributed by atoms with Crippen LogP contribution in [0.15, 0.2) is 35.4 Å². The van der Waals surface area contributed by atoms with E-state index in [1.54, 1.807) is 31.4 Å². The molecule has 1 heterocycles. The second kappa shape index (κ2) is 5.05. The van der Waals surface area contributed by atoms with Gasteiger partial charge >= 0.3 is 0 Å². The molecule has 0 atom stereocenters. The maximum atomic E-state index is 11.8. The standard InChI is InChI=1S/C12H11NO3S/c1-16-9-4-2-8(3-5-9)10(14)6-12-13-11(15)7-17-12/h2-6H,7H2,1H3,(H,13,15). The highest BCUT2D eigenvalue weighted by atomic mass is 32.2. The van der Waals surface area contributed by atoms with E-state index in [2.05, 4.69) is 5.32 Å². The van der Waals surface area contributed by atoms with Gasteiger partial charge in [-0.15, -0.1) is 0 Å². The summed E-state index contributed by atoms with van der Waals surface area (Å²) in [6.07, 6.45) is 1.44. The van der Waals surface area contributed by atoms with Crippen molar-refractivity contribution in [1.82, 2.24) is 5.32 Å². The van der Waals surface area contributed by atoms with Gasteiger partial charge in [-0.2, -0.15) is 0 Å². The Hall–Kier alpha value is -1.75. The Morgan fingerprint density at radius 2 is 2.12 bits per heavy atom. The third kappa shape index (κ3) is 2.88. The number of ether oxygens (including phenoxy) is 1. The molecule has 0 aromatic heterocycles. The first-order chi connectivity index (χ1) is 8.19. The zero-order chi connectivity index (χ0) is 12.3. The summed E-state index contributed by atoms with van der Waals surface area (Å²) < 4.78 is 5.01. The first-order valence-corrected chi connectivity index (χ1v) is 6.00. The summed E-state index contributed by atoms with van der Waals surface area (Å²) in [5.41, 5.74) is 0.569. The van der Waals surface area contributed by atoms with Gasteiger partial charge < -0.3 is 10.1 Å². The van der Waals surface area contributed by atoms with Crippen LogP contribution in [0.1, 0.15) is 10.4 Å². The Balaban J connectivity index is 2.11. The van der Waals surface area contributed by atoms with Crippen LogP contribution >= 0.6 is 11.8 Å². The summed E-state index contributed by atoms with van der Waals surface area (Å²) in [4.78, 5) is 22.8. The molecule has 4 nitrogen and oxygen atoms in total. The van der Waals surface area contributed by atoms with Crippen LogP contribution in [0.3, 0.4) is 0 Å². The number of allylic oxidation sites excluding steroid dienone is 1. The average molecular weight is 249 g/mol. The van der Waals surface area contributed by atoms with Crippen molar-refractivity contribution < 1.29 is 14.3 Å². The summed E-state index contributed by atoms with van der Waals surface area (Å²) in [5, 5.41) is 3.22. The molecule has 1 N–H and O–H groups in total. The van der Waals surface area contributed by atoms with Gasteiger partial charge in [0, 0.05) is 11.6 Å². The number of methoxy groups -OCH3 is 1. The van der Waals surface area contributed by atoms with Gasteiger partial charge in [0.05, 0.1) is 17.9 Å². The Morgan fingerprint density at radius 3 is 2.65 bits per heavy atom. The molecule has 17 heavy (non-hydrogen) atoms. The molecule has 0 radical (unpaired) electrons. The second-order valence-electron chi connectivity index (χ2n) is 3.44. The average Bonchev–Trinajstić information content (AvgIpc) is 2.75. The minimum Gasteiger partial charge on any atom is -0.497 e. The molecule has 1 aromatic carbocycles. The van der Waals surface area contributed by atoms with Gasteiger partial charge in [0.2, 0.25) is 5.91 Å². The largest absolute Gasteiger partial charge is 0.497 e. The zero-order valence-electron chi connectivity index (χ0n) is 9.23. The first kappa shape index (κ1) is 11.7. The maximum absolute atomic E-state index is 11.8. The van der Waals surface area contributed by atoms with Crippen molar-refractivity contribution in [3.63, 3.8) is 0 Å². The molecule has 0 saturated carbocycles. The lowest BCUT2D eigenvalue weighted by molar-refractivity contribution is -0.117. The highest BCUT2D eigenvalue weighted by Crippen LogP contribution is 2.20. The van der Waals surface area contributed by atoms with Crippen molar-refractivity contribution >= 4 is 23.5 Å². The van der Waals surface area contributed by atoms with E-state index in [-0.39, 0.29) is 11.7 Å². The molecule has 1 aliphatic rings. The molecular formula is C12H11NO3S. The zero-order valence-corrected chi connectivity index (χ0v) is 10.0. The third-order valence-electron chi connectivity index (χ3n) is 2.26. The molecule has 5 heteroatoms. The van der Waals surface area contributed by atoms with Crippen LogP contribution in [0.25, 0.3) is 0 Å². The lowest BCUT2D eigenvalue weighted by atomic mass is 10.1. The van der Waals surface area contributed by atoms with Crippen LogP contribution < -0.4 is 10.1 Å². The molecule has 0 bridgehead atoms. The van der Waals surface area contributed by atoms with Crippen molar-refractivity contribution in [1.29, 1.82) is 0 Å². The van der Waals surface area contributed by atoms with Gasteiger partial charge in [-0.25, -0.2) is 0 Å². The fourth-order valence-corrected chi connectivity index (χ4v) is 2.12. The highest BCUT2D eigenvalue weighted by Gasteiger charge is 2.16. The number of hydrogen-bond acceptors (Lipinski definition) is 4. The number of hydrogen-bond donors (Lipinski definition) is 1. The van der Waals surface area contributed by atoms with Gasteiger partial charge in [0.15, 0.2) is 5.78 Å². The minimum absolute atomic E-state index is 0.0659. The monoisotopic (exact) mass is 249 g/mol. The predicted molar refractivity (Wildman–Crippen MR) is 66.0 cm³/mol. The van der Waals surface area contributed by atoms with E-state index in [0.29, 0.717) is 22.1 Å². The third-order valence-corrected chi connectivity index (χ3v) is 3.20. The smallest absolute Gasteiger partial charge is 0.235 e. The molecule has 1 aromatic rings. The predicted octanol–water partition coefficient (Wildman–Crippen LogP) is 1.58. The van der Waals surface area contributed by atoms with Crippen LogP contribution in [0.2, 0.25) is 0 Å². The van der Waals surface area contributed by atoms with Gasteiger partial charge in [-0.1, -0.05) is 11.8 Å². The summed E-state index contributed by atoms with van der Waals surface area (Å²) in [6.45, 7) is 0. The van der Waals surface area contributed by atoms with Crippen molar-refractivity contribution in [3.05, 3.63) is 40.9 Å². The first-order valence-electron chi connectivity index (χ1n) is 5.02. The number of nitrogens with one attached hydrogen (secondary N) is 1. The summed E-state index contributed by atoms with van der Waals surface area (Å²) >= 11 is 1.34. The second-order valence-corrected chi connectivity index (χ2v) is 4.46. The number of carbonyl (C=O) groups excluding carboxylic acids is 2. The molecular weight excluding hydrogens is 238 g/mol. The molecule has 2 rings (SSSR count). The van der Waals surface area contributed by atoms with E-state index in [9.17, 15) is 9.59 Å². The molecule has 1 amide bonds. The fraction of sp³-hybridized carbons (Fsp3) is 0.167. The molecule has 1 aliphatic heterocycles. The van der Waals surface area contributed by atoms with E-state index < -0.39 is 0 Å². The van der Waals surface area contributed by atoms with Crippen LogP contribution in [-0.4, -0.2) is 24.6 Å². The van der Waals surface area contributed by atoms with Crippen LogP contribution in [0.4, 0.5) is 0 Å². The summed E-state index contributed by atoms with van der Waals surface area (Å²) in [7, 11) is 1.57. The Morgan fingerprint density at radius 1 is 1.41 bits per heavy atom. The van der Waals surface area contributed by atoms with Crippen molar-refractivity contribution in [3.8, 4) is 5.75 Å². The SMILES string of the molecule is COc1ccc(C(=O)C=C2NC(=O)CS2)cc1. The minimum atomic E-state index is -0.127. The summed E-state index contributed by atoms with van der Waals surface area (Å²) in [5.74, 6) is 0.890. The number of benzene rings is 1. The molecule has 0 spiro atoms. The van der Waals surface area contributed by atoms with E-state index in [1.807, 2.05) is 0 Å². The normalized spacial score (nSPS) is 17.0. The number of thioether (sulfide) groups is 1. The maximum Gasteiger partial charge on any atom is 0.235 e. The Bertz CT molecular complexity index is 479. The van der Waals surface area contributed by atoms with Crippen LogP contribution in [0.5, 0.6) is 5.75 Å². The van der Waals surface area contributed by atoms with E-state index >= 15 is 0 Å². The van der Waals surface area contributed by atoms with Gasteiger partial charge in [-0.3, -0.25) is 9.59 Å². The van der Waals surface area contributed by atoms with E-state index in [1.165, 1.54) is 17.8 Å². The quantitative estimate of drug-likeness (QED) is 0.652. The highest BCUT2D eigenvalue weighted by molar-refractivity contribution is 8.04. The molecule has 1 fully saturated rings. The Labute approximate surface area is 103 Å². The molecule has 0 unspecified atom stereocenters. The van der Waals surface area contributed by atoms with Gasteiger partial charge in [-0.05, 0) is 24.3 Å². The van der Waals surface area contributed by atoms with Gasteiger partial charge in [0.1, 0.15) is 5.75 Å². The van der Waals surface area contributed by atoms with E-state index in [4.69, 9.17) is 4.74 Å². The summed E-state index contributed by atoms with van der Waals surface area (Å²) in [6, 6.07) is 6.84. The lowest BCUT2D eigenvalue weighted by Crippen LogP contribution is -2.14. The molecule has 1 saturated heterocycles.